The van der Waals surface area contributed by atoms with Gasteiger partial charge in [0.15, 0.2) is 0 Å². The molecule has 9 nitrogen and oxygen atoms in total. The summed E-state index contributed by atoms with van der Waals surface area (Å²) >= 11 is 0. The second kappa shape index (κ2) is 10.0. The predicted molar refractivity (Wildman–Crippen MR) is 132 cm³/mol. The van der Waals surface area contributed by atoms with Crippen LogP contribution < -0.4 is 0 Å². The van der Waals surface area contributed by atoms with Crippen molar-refractivity contribution < 1.29 is 19.1 Å². The van der Waals surface area contributed by atoms with Crippen LogP contribution in [0.15, 0.2) is 36.5 Å². The van der Waals surface area contributed by atoms with Crippen molar-refractivity contribution in [2.75, 3.05) is 26.7 Å². The molecule has 1 aliphatic rings. The van der Waals surface area contributed by atoms with Gasteiger partial charge < -0.3 is 19.4 Å². The monoisotopic (exact) mass is 479 g/mol. The summed E-state index contributed by atoms with van der Waals surface area (Å²) in [5.41, 5.74) is 3.65. The van der Waals surface area contributed by atoms with E-state index in [1.165, 1.54) is 7.11 Å². The zero-order valence-electron chi connectivity index (χ0n) is 21.0. The first-order valence-electron chi connectivity index (χ1n) is 11.8. The Balaban J connectivity index is 1.39. The molecule has 1 atom stereocenters. The lowest BCUT2D eigenvalue weighted by Gasteiger charge is -2.40. The van der Waals surface area contributed by atoms with Gasteiger partial charge in [0.1, 0.15) is 11.4 Å². The number of methoxy groups -OCH3 is 1. The molecule has 0 spiro atoms. The number of hydrogen-bond acceptors (Lipinski definition) is 7. The van der Waals surface area contributed by atoms with Crippen LogP contribution >= 0.6 is 0 Å². The van der Waals surface area contributed by atoms with E-state index >= 15 is 0 Å². The SMILES string of the molecule is COC(=O)c1ccc2nc(Cc3cc(CN4CCN(C(=O)OC(C)(C)C)C[C@H]4C)ccn3)[nH]c2c1. The molecular formula is C26H33N5O4. The Hall–Kier alpha value is -3.46. The number of aromatic amines is 1. The van der Waals surface area contributed by atoms with E-state index < -0.39 is 5.60 Å². The summed E-state index contributed by atoms with van der Waals surface area (Å²) < 4.78 is 10.3. The molecule has 0 bridgehead atoms. The Morgan fingerprint density at radius 2 is 1.97 bits per heavy atom. The van der Waals surface area contributed by atoms with Crippen molar-refractivity contribution in [3.63, 3.8) is 0 Å². The topological polar surface area (TPSA) is 101 Å². The van der Waals surface area contributed by atoms with Crippen molar-refractivity contribution in [1.29, 1.82) is 0 Å². The fourth-order valence-electron chi connectivity index (χ4n) is 4.24. The minimum Gasteiger partial charge on any atom is -0.465 e. The van der Waals surface area contributed by atoms with E-state index in [9.17, 15) is 9.59 Å². The third-order valence-electron chi connectivity index (χ3n) is 5.98. The van der Waals surface area contributed by atoms with Gasteiger partial charge in [-0.25, -0.2) is 14.6 Å². The average molecular weight is 480 g/mol. The van der Waals surface area contributed by atoms with Crippen molar-refractivity contribution in [3.8, 4) is 0 Å². The third-order valence-corrected chi connectivity index (χ3v) is 5.98. The van der Waals surface area contributed by atoms with Gasteiger partial charge in [-0.3, -0.25) is 9.88 Å². The highest BCUT2D eigenvalue weighted by Gasteiger charge is 2.29. The fourth-order valence-corrected chi connectivity index (χ4v) is 4.24. The lowest BCUT2D eigenvalue weighted by molar-refractivity contribution is 0.00460. The lowest BCUT2D eigenvalue weighted by Crippen LogP contribution is -2.54. The molecule has 1 N–H and O–H groups in total. The highest BCUT2D eigenvalue weighted by Crippen LogP contribution is 2.19. The molecule has 3 heterocycles. The van der Waals surface area contributed by atoms with Gasteiger partial charge in [-0.1, -0.05) is 0 Å². The van der Waals surface area contributed by atoms with Crippen LogP contribution in [0.4, 0.5) is 4.79 Å². The number of ether oxygens (including phenoxy) is 2. The first-order valence-corrected chi connectivity index (χ1v) is 11.8. The van der Waals surface area contributed by atoms with E-state index in [0.29, 0.717) is 25.1 Å². The molecule has 1 aromatic carbocycles. The Labute approximate surface area is 205 Å². The standard InChI is InChI=1S/C26H33N5O4/c1-17-15-31(25(33)35-26(2,3)4)11-10-30(17)16-18-8-9-27-20(12-18)14-23-28-21-7-6-19(24(32)34-5)13-22(21)29-23/h6-9,12-13,17H,10-11,14-16H2,1-5H3,(H,28,29)/t17-/m1/s1. The normalized spacial score (nSPS) is 16.9. The van der Waals surface area contributed by atoms with E-state index in [0.717, 1.165) is 41.2 Å². The number of H-pyrrole nitrogens is 1. The Morgan fingerprint density at radius 3 is 2.69 bits per heavy atom. The molecule has 0 saturated carbocycles. The Morgan fingerprint density at radius 1 is 1.17 bits per heavy atom. The van der Waals surface area contributed by atoms with Gasteiger partial charge in [0, 0.05) is 50.5 Å². The van der Waals surface area contributed by atoms with Crippen LogP contribution in [-0.2, 0) is 22.4 Å². The maximum atomic E-state index is 12.4. The number of piperazine rings is 1. The van der Waals surface area contributed by atoms with Crippen molar-refractivity contribution >= 4 is 23.1 Å². The minimum atomic E-state index is -0.492. The third kappa shape index (κ3) is 6.16. The number of rotatable bonds is 5. The number of hydrogen-bond donors (Lipinski definition) is 1. The molecule has 35 heavy (non-hydrogen) atoms. The fraction of sp³-hybridized carbons (Fsp3) is 0.462. The molecule has 1 aliphatic heterocycles. The summed E-state index contributed by atoms with van der Waals surface area (Å²) in [6, 6.07) is 9.61. The Kier molecular flexibility index (Phi) is 7.07. The summed E-state index contributed by atoms with van der Waals surface area (Å²) in [5.74, 6) is 0.407. The summed E-state index contributed by atoms with van der Waals surface area (Å²) in [6.07, 6.45) is 2.13. The highest BCUT2D eigenvalue weighted by molar-refractivity contribution is 5.93. The zero-order valence-corrected chi connectivity index (χ0v) is 21.0. The van der Waals surface area contributed by atoms with E-state index in [4.69, 9.17) is 9.47 Å². The molecular weight excluding hydrogens is 446 g/mol. The van der Waals surface area contributed by atoms with Gasteiger partial charge in [0.25, 0.3) is 0 Å². The highest BCUT2D eigenvalue weighted by atomic mass is 16.6. The molecule has 0 radical (unpaired) electrons. The molecule has 0 aliphatic carbocycles. The number of carbonyl (C=O) groups excluding carboxylic acids is 2. The minimum absolute atomic E-state index is 0.215. The number of fused-ring (bicyclic) bond motifs is 1. The molecule has 2 aromatic heterocycles. The maximum Gasteiger partial charge on any atom is 0.410 e. The number of pyridine rings is 1. The van der Waals surface area contributed by atoms with Crippen molar-refractivity contribution in [1.82, 2.24) is 24.8 Å². The molecule has 1 saturated heterocycles. The predicted octanol–water partition coefficient (Wildman–Crippen LogP) is 3.78. The number of amides is 1. The second-order valence-corrected chi connectivity index (χ2v) is 9.99. The number of nitrogens with one attached hydrogen (secondary N) is 1. The van der Waals surface area contributed by atoms with Crippen molar-refractivity contribution in [2.45, 2.75) is 52.3 Å². The number of esters is 1. The smallest absolute Gasteiger partial charge is 0.410 e. The van der Waals surface area contributed by atoms with E-state index in [1.807, 2.05) is 39.1 Å². The molecule has 186 valence electrons. The maximum absolute atomic E-state index is 12.4. The summed E-state index contributed by atoms with van der Waals surface area (Å²) in [4.78, 5) is 40.8. The summed E-state index contributed by atoms with van der Waals surface area (Å²) in [7, 11) is 1.37. The van der Waals surface area contributed by atoms with Gasteiger partial charge in [-0.2, -0.15) is 0 Å². The number of benzene rings is 1. The zero-order chi connectivity index (χ0) is 25.2. The number of carbonyl (C=O) groups is 2. The van der Waals surface area contributed by atoms with Crippen LogP contribution in [0.2, 0.25) is 0 Å². The van der Waals surface area contributed by atoms with E-state index in [2.05, 4.69) is 32.8 Å². The number of nitrogens with zero attached hydrogens (tertiary/aromatic N) is 4. The molecule has 9 heteroatoms. The van der Waals surface area contributed by atoms with Gasteiger partial charge in [0.2, 0.25) is 0 Å². The molecule has 3 aromatic rings. The summed E-state index contributed by atoms with van der Waals surface area (Å²) in [5, 5.41) is 0. The van der Waals surface area contributed by atoms with Crippen LogP contribution in [0.25, 0.3) is 11.0 Å². The van der Waals surface area contributed by atoms with Gasteiger partial charge in [-0.05, 0) is 63.6 Å². The molecule has 4 rings (SSSR count). The van der Waals surface area contributed by atoms with Gasteiger partial charge in [-0.15, -0.1) is 0 Å². The molecule has 1 fully saturated rings. The second-order valence-electron chi connectivity index (χ2n) is 9.99. The van der Waals surface area contributed by atoms with Crippen LogP contribution in [0.3, 0.4) is 0 Å². The van der Waals surface area contributed by atoms with Crippen LogP contribution in [0.5, 0.6) is 0 Å². The van der Waals surface area contributed by atoms with Gasteiger partial charge >= 0.3 is 12.1 Å². The van der Waals surface area contributed by atoms with Crippen LogP contribution in [-0.4, -0.2) is 75.2 Å². The first kappa shape index (κ1) is 24.7. The lowest BCUT2D eigenvalue weighted by atomic mass is 10.1. The van der Waals surface area contributed by atoms with E-state index in [1.54, 1.807) is 17.0 Å². The number of imidazole rings is 1. The van der Waals surface area contributed by atoms with Crippen molar-refractivity contribution in [3.05, 3.63) is 59.2 Å². The molecule has 0 unspecified atom stereocenters. The summed E-state index contributed by atoms with van der Waals surface area (Å²) in [6.45, 7) is 10.6. The largest absolute Gasteiger partial charge is 0.465 e. The van der Waals surface area contributed by atoms with Crippen LogP contribution in [0.1, 0.15) is 55.1 Å². The Bertz CT molecular complexity index is 1220. The quantitative estimate of drug-likeness (QED) is 0.556. The average Bonchev–Trinajstić information content (AvgIpc) is 3.20. The van der Waals surface area contributed by atoms with E-state index in [-0.39, 0.29) is 18.1 Å². The first-order chi connectivity index (χ1) is 16.6. The van der Waals surface area contributed by atoms with Crippen LogP contribution in [0, 0.1) is 0 Å². The molecule has 1 amide bonds. The number of aromatic nitrogens is 3. The van der Waals surface area contributed by atoms with Gasteiger partial charge in [0.05, 0.1) is 23.7 Å². The van der Waals surface area contributed by atoms with Crippen molar-refractivity contribution in [2.24, 2.45) is 0 Å².